The van der Waals surface area contributed by atoms with Crippen molar-refractivity contribution in [2.24, 2.45) is 0 Å². The summed E-state index contributed by atoms with van der Waals surface area (Å²) in [7, 11) is -3.53. The molecule has 2 aromatic rings. The van der Waals surface area contributed by atoms with Crippen LogP contribution < -0.4 is 4.31 Å². The van der Waals surface area contributed by atoms with Crippen molar-refractivity contribution < 1.29 is 8.42 Å². The maximum absolute atomic E-state index is 12.5. The van der Waals surface area contributed by atoms with Crippen molar-refractivity contribution in [1.82, 2.24) is 4.98 Å². The smallest absolute Gasteiger partial charge is 0.241 e. The molecule has 8 heteroatoms. The van der Waals surface area contributed by atoms with Gasteiger partial charge in [0.15, 0.2) is 0 Å². The highest BCUT2D eigenvalue weighted by Crippen LogP contribution is 2.37. The first-order valence-corrected chi connectivity index (χ1v) is 9.09. The van der Waals surface area contributed by atoms with E-state index in [1.165, 1.54) is 21.2 Å². The lowest BCUT2D eigenvalue weighted by molar-refractivity contribution is 0.591. The van der Waals surface area contributed by atoms with Crippen molar-refractivity contribution in [3.8, 4) is 0 Å². The molecular weight excluding hydrogens is 339 g/mol. The molecule has 3 rings (SSSR count). The van der Waals surface area contributed by atoms with Crippen LogP contribution in [0.4, 0.5) is 5.69 Å². The molecule has 0 N–H and O–H groups in total. The average Bonchev–Trinajstić information content (AvgIpc) is 2.97. The van der Waals surface area contributed by atoms with E-state index >= 15 is 0 Å². The maximum atomic E-state index is 12.5. The standard InChI is InChI=1S/C12H10Cl2N2O2S2/c13-9-3-1-2-8-4-5-16(11(8)9)20(17,18)6-10-12(14)19-7-15-10/h1-3,7H,4-6H2. The Morgan fingerprint density at radius 1 is 1.35 bits per heavy atom. The monoisotopic (exact) mass is 348 g/mol. The van der Waals surface area contributed by atoms with Gasteiger partial charge < -0.3 is 0 Å². The number of halogens is 2. The molecule has 1 aliphatic heterocycles. The molecule has 4 nitrogen and oxygen atoms in total. The molecular formula is C12H10Cl2N2O2S2. The van der Waals surface area contributed by atoms with Gasteiger partial charge in [0.25, 0.3) is 0 Å². The number of para-hydroxylation sites is 1. The molecule has 1 aliphatic rings. The van der Waals surface area contributed by atoms with Gasteiger partial charge >= 0.3 is 0 Å². The minimum Gasteiger partial charge on any atom is -0.268 e. The van der Waals surface area contributed by atoms with E-state index in [1.807, 2.05) is 12.1 Å². The predicted octanol–water partition coefficient (Wildman–Crippen LogP) is 3.34. The zero-order valence-electron chi connectivity index (χ0n) is 10.2. The summed E-state index contributed by atoms with van der Waals surface area (Å²) in [4.78, 5) is 4.00. The van der Waals surface area contributed by atoms with Crippen LogP contribution in [0.25, 0.3) is 0 Å². The number of anilines is 1. The van der Waals surface area contributed by atoms with Gasteiger partial charge in [0.2, 0.25) is 10.0 Å². The molecule has 106 valence electrons. The Morgan fingerprint density at radius 2 is 2.15 bits per heavy atom. The van der Waals surface area contributed by atoms with E-state index in [9.17, 15) is 8.42 Å². The topological polar surface area (TPSA) is 50.3 Å². The molecule has 0 aliphatic carbocycles. The lowest BCUT2D eigenvalue weighted by Crippen LogP contribution is -2.30. The number of hydrogen-bond donors (Lipinski definition) is 0. The minimum atomic E-state index is -3.53. The van der Waals surface area contributed by atoms with Gasteiger partial charge in [-0.3, -0.25) is 4.31 Å². The van der Waals surface area contributed by atoms with Gasteiger partial charge in [0.1, 0.15) is 10.1 Å². The second-order valence-electron chi connectivity index (χ2n) is 4.40. The highest BCUT2D eigenvalue weighted by molar-refractivity contribution is 7.92. The van der Waals surface area contributed by atoms with Crippen molar-refractivity contribution in [1.29, 1.82) is 0 Å². The van der Waals surface area contributed by atoms with Crippen LogP contribution >= 0.6 is 34.5 Å². The molecule has 0 atom stereocenters. The summed E-state index contributed by atoms with van der Waals surface area (Å²) in [5.41, 5.74) is 3.46. The first-order valence-electron chi connectivity index (χ1n) is 5.85. The van der Waals surface area contributed by atoms with Gasteiger partial charge in [-0.1, -0.05) is 35.3 Å². The lowest BCUT2D eigenvalue weighted by Gasteiger charge is -2.20. The Hall–Kier alpha value is -0.820. The Bertz CT molecular complexity index is 759. The first-order chi connectivity index (χ1) is 9.49. The number of sulfonamides is 1. The highest BCUT2D eigenvalue weighted by Gasteiger charge is 2.32. The van der Waals surface area contributed by atoms with E-state index in [2.05, 4.69) is 4.98 Å². The normalized spacial score (nSPS) is 14.6. The Balaban J connectivity index is 1.97. The van der Waals surface area contributed by atoms with Crippen molar-refractivity contribution in [3.05, 3.63) is 44.3 Å². The van der Waals surface area contributed by atoms with Gasteiger partial charge in [0.05, 0.1) is 21.9 Å². The molecule has 0 amide bonds. The summed E-state index contributed by atoms with van der Waals surface area (Å²) in [6, 6.07) is 5.42. The molecule has 0 bridgehead atoms. The van der Waals surface area contributed by atoms with Gasteiger partial charge in [0, 0.05) is 6.54 Å². The van der Waals surface area contributed by atoms with Crippen LogP contribution in [0.15, 0.2) is 23.7 Å². The summed E-state index contributed by atoms with van der Waals surface area (Å²) < 4.78 is 26.9. The average molecular weight is 349 g/mol. The largest absolute Gasteiger partial charge is 0.268 e. The number of fused-ring (bicyclic) bond motifs is 1. The summed E-state index contributed by atoms with van der Waals surface area (Å²) in [6.45, 7) is 0.406. The van der Waals surface area contributed by atoms with E-state index in [0.29, 0.717) is 33.7 Å². The van der Waals surface area contributed by atoms with Crippen molar-refractivity contribution in [2.75, 3.05) is 10.8 Å². The summed E-state index contributed by atoms with van der Waals surface area (Å²) in [5.74, 6) is -0.208. The summed E-state index contributed by atoms with van der Waals surface area (Å²) in [6.07, 6.45) is 0.667. The second-order valence-corrected chi connectivity index (χ2v) is 8.16. The van der Waals surface area contributed by atoms with Crippen LogP contribution in [0.1, 0.15) is 11.3 Å². The van der Waals surface area contributed by atoms with Gasteiger partial charge in [-0.15, -0.1) is 11.3 Å². The fourth-order valence-corrected chi connectivity index (χ4v) is 5.12. The summed E-state index contributed by atoms with van der Waals surface area (Å²) >= 11 is 13.3. The van der Waals surface area contributed by atoms with Crippen LogP contribution in [-0.2, 0) is 22.2 Å². The number of nitrogens with zero attached hydrogens (tertiary/aromatic N) is 2. The molecule has 20 heavy (non-hydrogen) atoms. The number of thiazole rings is 1. The first kappa shape index (κ1) is 14.1. The van der Waals surface area contributed by atoms with Crippen LogP contribution in [-0.4, -0.2) is 19.9 Å². The van der Waals surface area contributed by atoms with Crippen molar-refractivity contribution in [3.63, 3.8) is 0 Å². The third-order valence-corrected chi connectivity index (χ3v) is 6.27. The number of benzene rings is 1. The Morgan fingerprint density at radius 3 is 2.85 bits per heavy atom. The molecule has 0 saturated carbocycles. The van der Waals surface area contributed by atoms with Gasteiger partial charge in [-0.25, -0.2) is 13.4 Å². The Kier molecular flexibility index (Phi) is 3.66. The third-order valence-electron chi connectivity index (χ3n) is 3.15. The highest BCUT2D eigenvalue weighted by atomic mass is 35.5. The van der Waals surface area contributed by atoms with Crippen LogP contribution in [0, 0.1) is 0 Å². The molecule has 0 spiro atoms. The molecule has 0 fully saturated rings. The molecule has 2 heterocycles. The van der Waals surface area contributed by atoms with Crippen LogP contribution in [0.5, 0.6) is 0 Å². The molecule has 1 aromatic carbocycles. The zero-order valence-corrected chi connectivity index (χ0v) is 13.4. The van der Waals surface area contributed by atoms with E-state index in [-0.39, 0.29) is 5.75 Å². The van der Waals surface area contributed by atoms with Crippen LogP contribution in [0.3, 0.4) is 0 Å². The van der Waals surface area contributed by atoms with E-state index in [1.54, 1.807) is 6.07 Å². The van der Waals surface area contributed by atoms with E-state index in [4.69, 9.17) is 23.2 Å². The predicted molar refractivity (Wildman–Crippen MR) is 82.2 cm³/mol. The van der Waals surface area contributed by atoms with E-state index < -0.39 is 10.0 Å². The van der Waals surface area contributed by atoms with Gasteiger partial charge in [-0.05, 0) is 18.1 Å². The van der Waals surface area contributed by atoms with Crippen LogP contribution in [0.2, 0.25) is 9.36 Å². The summed E-state index contributed by atoms with van der Waals surface area (Å²) in [5, 5.41) is 0.452. The molecule has 0 saturated heterocycles. The fourth-order valence-electron chi connectivity index (χ4n) is 2.25. The second kappa shape index (κ2) is 5.18. The lowest BCUT2D eigenvalue weighted by atomic mass is 10.2. The minimum absolute atomic E-state index is 0.208. The number of rotatable bonds is 3. The Labute approximate surface area is 131 Å². The molecule has 1 aromatic heterocycles. The van der Waals surface area contributed by atoms with E-state index in [0.717, 1.165) is 5.56 Å². The van der Waals surface area contributed by atoms with Crippen molar-refractivity contribution in [2.45, 2.75) is 12.2 Å². The molecule has 0 radical (unpaired) electrons. The number of aromatic nitrogens is 1. The molecule has 0 unspecified atom stereocenters. The van der Waals surface area contributed by atoms with Gasteiger partial charge in [-0.2, -0.15) is 0 Å². The SMILES string of the molecule is O=S(=O)(Cc1ncsc1Cl)N1CCc2cccc(Cl)c21. The zero-order chi connectivity index (χ0) is 14.3. The maximum Gasteiger partial charge on any atom is 0.241 e. The number of hydrogen-bond acceptors (Lipinski definition) is 4. The quantitative estimate of drug-likeness (QED) is 0.854. The van der Waals surface area contributed by atoms with Crippen molar-refractivity contribution >= 4 is 50.2 Å². The fraction of sp³-hybridized carbons (Fsp3) is 0.250. The third kappa shape index (κ3) is 2.41.